The van der Waals surface area contributed by atoms with Crippen LogP contribution in [0.15, 0.2) is 18.2 Å². The van der Waals surface area contributed by atoms with Crippen molar-refractivity contribution in [3.8, 4) is 0 Å². The van der Waals surface area contributed by atoms with Crippen LogP contribution in [0, 0.1) is 12.7 Å². The number of hydrogen-bond acceptors (Lipinski definition) is 2. The number of aryl methyl sites for hydroxylation is 1. The zero-order valence-electron chi connectivity index (χ0n) is 10.7. The van der Waals surface area contributed by atoms with E-state index >= 15 is 0 Å². The molecule has 1 saturated heterocycles. The molecule has 1 heterocycles. The fourth-order valence-electron chi connectivity index (χ4n) is 2.19. The van der Waals surface area contributed by atoms with Crippen LogP contribution in [-0.4, -0.2) is 34.6 Å². The highest BCUT2D eigenvalue weighted by molar-refractivity contribution is 5.95. The van der Waals surface area contributed by atoms with Gasteiger partial charge in [-0.2, -0.15) is 0 Å². The fourth-order valence-corrected chi connectivity index (χ4v) is 2.19. The van der Waals surface area contributed by atoms with Crippen molar-refractivity contribution in [1.29, 1.82) is 0 Å². The lowest BCUT2D eigenvalue weighted by Gasteiger charge is -2.36. The Labute approximate surface area is 106 Å². The third-order valence-corrected chi connectivity index (χ3v) is 3.56. The summed E-state index contributed by atoms with van der Waals surface area (Å²) in [4.78, 5) is 13.9. The van der Waals surface area contributed by atoms with E-state index in [9.17, 15) is 14.3 Å². The third kappa shape index (κ3) is 2.70. The number of aliphatic hydroxyl groups is 1. The number of hydrogen-bond donors (Lipinski definition) is 1. The summed E-state index contributed by atoms with van der Waals surface area (Å²) in [5, 5.41) is 9.85. The van der Waals surface area contributed by atoms with Crippen LogP contribution in [0.25, 0.3) is 0 Å². The molecule has 1 aliphatic rings. The molecule has 0 unspecified atom stereocenters. The first-order chi connectivity index (χ1) is 8.39. The minimum Gasteiger partial charge on any atom is -0.390 e. The Morgan fingerprint density at radius 2 is 2.00 bits per heavy atom. The highest BCUT2D eigenvalue weighted by Crippen LogP contribution is 2.23. The minimum absolute atomic E-state index is 0.150. The molecule has 1 aromatic rings. The molecule has 1 aromatic carbocycles. The highest BCUT2D eigenvalue weighted by atomic mass is 19.1. The SMILES string of the molecule is Cc1ccc(F)cc1C(=O)N1CCC(C)(O)CC1. The normalized spacial score (nSPS) is 18.8. The summed E-state index contributed by atoms with van der Waals surface area (Å²) in [6.45, 7) is 4.61. The Balaban J connectivity index is 2.15. The van der Waals surface area contributed by atoms with Crippen LogP contribution in [0.2, 0.25) is 0 Å². The monoisotopic (exact) mass is 251 g/mol. The summed E-state index contributed by atoms with van der Waals surface area (Å²) in [5.41, 5.74) is 0.503. The second-order valence-corrected chi connectivity index (χ2v) is 5.25. The van der Waals surface area contributed by atoms with Crippen molar-refractivity contribution in [2.24, 2.45) is 0 Å². The lowest BCUT2D eigenvalue weighted by atomic mass is 9.93. The summed E-state index contributed by atoms with van der Waals surface area (Å²) in [6, 6.07) is 4.25. The Bertz CT molecular complexity index is 461. The van der Waals surface area contributed by atoms with Crippen LogP contribution in [0.4, 0.5) is 4.39 Å². The van der Waals surface area contributed by atoms with Gasteiger partial charge in [-0.3, -0.25) is 4.79 Å². The molecule has 0 spiro atoms. The van der Waals surface area contributed by atoms with Gasteiger partial charge >= 0.3 is 0 Å². The number of piperidine rings is 1. The first-order valence-corrected chi connectivity index (χ1v) is 6.17. The van der Waals surface area contributed by atoms with Gasteiger partial charge in [-0.25, -0.2) is 4.39 Å². The first-order valence-electron chi connectivity index (χ1n) is 6.17. The molecule has 0 aliphatic carbocycles. The molecular weight excluding hydrogens is 233 g/mol. The zero-order valence-corrected chi connectivity index (χ0v) is 10.7. The maximum absolute atomic E-state index is 13.2. The highest BCUT2D eigenvalue weighted by Gasteiger charge is 2.30. The van der Waals surface area contributed by atoms with Gasteiger partial charge in [0, 0.05) is 18.7 Å². The first kappa shape index (κ1) is 13.0. The maximum atomic E-state index is 13.2. The van der Waals surface area contributed by atoms with Gasteiger partial charge in [0.25, 0.3) is 5.91 Å². The number of halogens is 1. The number of carbonyl (C=O) groups excluding carboxylic acids is 1. The summed E-state index contributed by atoms with van der Waals surface area (Å²) in [7, 11) is 0. The molecule has 1 fully saturated rings. The maximum Gasteiger partial charge on any atom is 0.254 e. The molecule has 0 saturated carbocycles. The average molecular weight is 251 g/mol. The van der Waals surface area contributed by atoms with E-state index in [1.54, 1.807) is 24.8 Å². The second-order valence-electron chi connectivity index (χ2n) is 5.25. The lowest BCUT2D eigenvalue weighted by molar-refractivity contribution is -0.00205. The summed E-state index contributed by atoms with van der Waals surface area (Å²) in [5.74, 6) is -0.546. The van der Waals surface area contributed by atoms with Gasteiger partial charge in [-0.05, 0) is 44.4 Å². The van der Waals surface area contributed by atoms with Crippen LogP contribution in [0.5, 0.6) is 0 Å². The van der Waals surface area contributed by atoms with E-state index in [2.05, 4.69) is 0 Å². The van der Waals surface area contributed by atoms with Crippen molar-refractivity contribution in [1.82, 2.24) is 4.90 Å². The van der Waals surface area contributed by atoms with Crippen LogP contribution < -0.4 is 0 Å². The Kier molecular flexibility index (Phi) is 3.39. The van der Waals surface area contributed by atoms with Gasteiger partial charge < -0.3 is 10.0 Å². The molecular formula is C14H18FNO2. The van der Waals surface area contributed by atoms with Gasteiger partial charge in [0.2, 0.25) is 0 Å². The number of benzene rings is 1. The second kappa shape index (κ2) is 4.69. The minimum atomic E-state index is -0.687. The van der Waals surface area contributed by atoms with E-state index in [1.165, 1.54) is 12.1 Å². The van der Waals surface area contributed by atoms with Crippen molar-refractivity contribution in [3.63, 3.8) is 0 Å². The van der Waals surface area contributed by atoms with Crippen LogP contribution in [-0.2, 0) is 0 Å². The Morgan fingerprint density at radius 1 is 1.39 bits per heavy atom. The smallest absolute Gasteiger partial charge is 0.254 e. The van der Waals surface area contributed by atoms with Gasteiger partial charge in [0.1, 0.15) is 5.82 Å². The number of likely N-dealkylation sites (tertiary alicyclic amines) is 1. The number of nitrogens with zero attached hydrogens (tertiary/aromatic N) is 1. The van der Waals surface area contributed by atoms with Crippen molar-refractivity contribution >= 4 is 5.91 Å². The fraction of sp³-hybridized carbons (Fsp3) is 0.500. The average Bonchev–Trinajstić information content (AvgIpc) is 2.31. The number of amides is 1. The van der Waals surface area contributed by atoms with Crippen molar-refractivity contribution < 1.29 is 14.3 Å². The van der Waals surface area contributed by atoms with Gasteiger partial charge in [0.05, 0.1) is 5.60 Å². The quantitative estimate of drug-likeness (QED) is 0.830. The molecule has 0 aromatic heterocycles. The molecule has 4 heteroatoms. The Morgan fingerprint density at radius 3 is 2.61 bits per heavy atom. The lowest BCUT2D eigenvalue weighted by Crippen LogP contribution is -2.45. The summed E-state index contributed by atoms with van der Waals surface area (Å²) < 4.78 is 13.2. The van der Waals surface area contributed by atoms with E-state index in [4.69, 9.17) is 0 Å². The molecule has 2 rings (SSSR count). The molecule has 0 radical (unpaired) electrons. The van der Waals surface area contributed by atoms with Crippen molar-refractivity contribution in [3.05, 3.63) is 35.1 Å². The van der Waals surface area contributed by atoms with Crippen LogP contribution >= 0.6 is 0 Å². The van der Waals surface area contributed by atoms with Gasteiger partial charge in [0.15, 0.2) is 0 Å². The third-order valence-electron chi connectivity index (χ3n) is 3.56. The van der Waals surface area contributed by atoms with E-state index < -0.39 is 11.4 Å². The molecule has 0 bridgehead atoms. The summed E-state index contributed by atoms with van der Waals surface area (Å²) in [6.07, 6.45) is 1.13. The molecule has 1 N–H and O–H groups in total. The van der Waals surface area contributed by atoms with Gasteiger partial charge in [-0.1, -0.05) is 6.07 Å². The van der Waals surface area contributed by atoms with E-state index in [-0.39, 0.29) is 5.91 Å². The topological polar surface area (TPSA) is 40.5 Å². The zero-order chi connectivity index (χ0) is 13.3. The molecule has 98 valence electrons. The number of carbonyl (C=O) groups is 1. The number of rotatable bonds is 1. The van der Waals surface area contributed by atoms with E-state index in [0.29, 0.717) is 31.5 Å². The molecule has 18 heavy (non-hydrogen) atoms. The molecule has 1 aliphatic heterocycles. The predicted molar refractivity (Wildman–Crippen MR) is 66.9 cm³/mol. The van der Waals surface area contributed by atoms with E-state index in [1.807, 2.05) is 0 Å². The van der Waals surface area contributed by atoms with E-state index in [0.717, 1.165) is 5.56 Å². The summed E-state index contributed by atoms with van der Waals surface area (Å²) >= 11 is 0. The van der Waals surface area contributed by atoms with Crippen molar-refractivity contribution in [2.75, 3.05) is 13.1 Å². The predicted octanol–water partition coefficient (Wildman–Crippen LogP) is 2.12. The molecule has 0 atom stereocenters. The molecule has 3 nitrogen and oxygen atoms in total. The van der Waals surface area contributed by atoms with Crippen molar-refractivity contribution in [2.45, 2.75) is 32.3 Å². The van der Waals surface area contributed by atoms with Crippen LogP contribution in [0.1, 0.15) is 35.7 Å². The Hall–Kier alpha value is -1.42. The van der Waals surface area contributed by atoms with Gasteiger partial charge in [-0.15, -0.1) is 0 Å². The standard InChI is InChI=1S/C14H18FNO2/c1-10-3-4-11(15)9-12(10)13(17)16-7-5-14(2,18)6-8-16/h3-4,9,18H,5-8H2,1-2H3. The molecule has 1 amide bonds. The van der Waals surface area contributed by atoms with Crippen LogP contribution in [0.3, 0.4) is 0 Å². The largest absolute Gasteiger partial charge is 0.390 e.